The van der Waals surface area contributed by atoms with Crippen molar-refractivity contribution < 1.29 is 4.52 Å². The molecule has 4 aromatic rings. The van der Waals surface area contributed by atoms with Crippen molar-refractivity contribution in [2.45, 2.75) is 51.1 Å². The van der Waals surface area contributed by atoms with Crippen molar-refractivity contribution in [3.8, 4) is 28.4 Å². The predicted octanol–water partition coefficient (Wildman–Crippen LogP) is 4.59. The third-order valence-electron chi connectivity index (χ3n) is 6.41. The van der Waals surface area contributed by atoms with Gasteiger partial charge in [0.15, 0.2) is 23.2 Å². The maximum absolute atomic E-state index is 5.59. The zero-order valence-electron chi connectivity index (χ0n) is 17.3. The highest BCUT2D eigenvalue weighted by Crippen LogP contribution is 2.43. The number of hydrogen-bond acceptors (Lipinski definition) is 7. The number of nitrogens with zero attached hydrogens (tertiary/aromatic N) is 7. The summed E-state index contributed by atoms with van der Waals surface area (Å²) in [6.45, 7) is 2.20. The Kier molecular flexibility index (Phi) is 4.29. The van der Waals surface area contributed by atoms with Crippen LogP contribution in [0.4, 0.5) is 5.82 Å². The van der Waals surface area contributed by atoms with Crippen LogP contribution in [0.3, 0.4) is 0 Å². The van der Waals surface area contributed by atoms with E-state index in [-0.39, 0.29) is 6.04 Å². The minimum atomic E-state index is 0.150. The molecule has 0 spiro atoms. The molecule has 8 nitrogen and oxygen atoms in total. The lowest BCUT2D eigenvalue weighted by Crippen LogP contribution is -2.42. The zero-order chi connectivity index (χ0) is 20.8. The van der Waals surface area contributed by atoms with E-state index in [0.717, 1.165) is 34.9 Å². The van der Waals surface area contributed by atoms with Crippen LogP contribution in [0.1, 0.15) is 50.9 Å². The van der Waals surface area contributed by atoms with Gasteiger partial charge in [-0.25, -0.2) is 9.97 Å². The van der Waals surface area contributed by atoms with Gasteiger partial charge in [-0.1, -0.05) is 55.3 Å². The van der Waals surface area contributed by atoms with Gasteiger partial charge in [0.2, 0.25) is 0 Å². The van der Waals surface area contributed by atoms with Gasteiger partial charge in [0, 0.05) is 11.6 Å². The molecule has 1 fully saturated rings. The van der Waals surface area contributed by atoms with Crippen molar-refractivity contribution in [3.63, 3.8) is 0 Å². The molecule has 31 heavy (non-hydrogen) atoms. The highest BCUT2D eigenvalue weighted by atomic mass is 16.5. The van der Waals surface area contributed by atoms with Gasteiger partial charge in [-0.3, -0.25) is 4.57 Å². The van der Waals surface area contributed by atoms with Gasteiger partial charge in [0.25, 0.3) is 0 Å². The normalized spacial score (nSPS) is 18.2. The van der Waals surface area contributed by atoms with Crippen LogP contribution in [0.5, 0.6) is 0 Å². The lowest BCUT2D eigenvalue weighted by atomic mass is 10.0. The first kappa shape index (κ1) is 18.2. The highest BCUT2D eigenvalue weighted by Gasteiger charge is 2.38. The molecule has 4 heterocycles. The number of hydrogen-bond donors (Lipinski definition) is 0. The summed E-state index contributed by atoms with van der Waals surface area (Å²) in [7, 11) is 0. The number of benzene rings is 1. The summed E-state index contributed by atoms with van der Waals surface area (Å²) < 4.78 is 7.63. The number of anilines is 1. The van der Waals surface area contributed by atoms with Crippen LogP contribution in [0, 0.1) is 0 Å². The fraction of sp³-hybridized carbons (Fsp3) is 0.348. The molecule has 156 valence electrons. The Morgan fingerprint density at radius 1 is 1.10 bits per heavy atom. The first-order chi connectivity index (χ1) is 15.3. The summed E-state index contributed by atoms with van der Waals surface area (Å²) in [6.07, 6.45) is 11.1. The van der Waals surface area contributed by atoms with E-state index in [1.54, 1.807) is 12.5 Å². The van der Waals surface area contributed by atoms with Crippen LogP contribution in [0.25, 0.3) is 28.4 Å². The van der Waals surface area contributed by atoms with E-state index in [9.17, 15) is 0 Å². The fourth-order valence-corrected chi connectivity index (χ4v) is 4.97. The van der Waals surface area contributed by atoms with Crippen LogP contribution in [-0.4, -0.2) is 35.9 Å². The van der Waals surface area contributed by atoms with Gasteiger partial charge in [-0.2, -0.15) is 0 Å². The highest BCUT2D eigenvalue weighted by molar-refractivity contribution is 5.77. The summed E-state index contributed by atoms with van der Waals surface area (Å²) >= 11 is 0. The van der Waals surface area contributed by atoms with E-state index in [0.29, 0.717) is 17.6 Å². The Bertz CT molecular complexity index is 1210. The van der Waals surface area contributed by atoms with Gasteiger partial charge < -0.3 is 9.42 Å². The molecular weight excluding hydrogens is 390 g/mol. The maximum atomic E-state index is 5.59. The van der Waals surface area contributed by atoms with Crippen molar-refractivity contribution in [1.82, 2.24) is 29.9 Å². The topological polar surface area (TPSA) is 85.8 Å². The molecular formula is C23H23N7O. The summed E-state index contributed by atoms with van der Waals surface area (Å²) in [5.74, 6) is 3.21. The van der Waals surface area contributed by atoms with E-state index >= 15 is 0 Å². The van der Waals surface area contributed by atoms with Crippen LogP contribution in [0.2, 0.25) is 0 Å². The lowest BCUT2D eigenvalue weighted by molar-refractivity contribution is 0.432. The second-order valence-corrected chi connectivity index (χ2v) is 8.17. The minimum Gasteiger partial charge on any atom is -0.356 e. The molecule has 6 rings (SSSR count). The van der Waals surface area contributed by atoms with E-state index in [1.165, 1.54) is 25.7 Å². The van der Waals surface area contributed by atoms with Crippen molar-refractivity contribution in [1.29, 1.82) is 0 Å². The van der Waals surface area contributed by atoms with Crippen LogP contribution in [-0.2, 0) is 0 Å². The fourth-order valence-electron chi connectivity index (χ4n) is 4.97. The predicted molar refractivity (Wildman–Crippen MR) is 116 cm³/mol. The smallest absolute Gasteiger partial charge is 0.177 e. The summed E-state index contributed by atoms with van der Waals surface area (Å²) in [4.78, 5) is 12.2. The van der Waals surface area contributed by atoms with Crippen molar-refractivity contribution >= 4 is 5.82 Å². The van der Waals surface area contributed by atoms with Crippen LogP contribution in [0.15, 0.2) is 53.6 Å². The van der Waals surface area contributed by atoms with E-state index < -0.39 is 0 Å². The molecule has 0 amide bonds. The number of fused-ring (bicyclic) bond motifs is 3. The third kappa shape index (κ3) is 2.85. The SMILES string of the molecule is CCC1c2nncn2-c2cnc(-c3cnoc3-c3ccccc3)nc2N1C1CCCC1. The molecule has 3 aromatic heterocycles. The Labute approximate surface area is 180 Å². The van der Waals surface area contributed by atoms with Crippen molar-refractivity contribution in [3.05, 3.63) is 54.9 Å². The average Bonchev–Trinajstić information content (AvgIpc) is 3.59. The largest absolute Gasteiger partial charge is 0.356 e. The van der Waals surface area contributed by atoms with Crippen LogP contribution >= 0.6 is 0 Å². The lowest BCUT2D eigenvalue weighted by Gasteiger charge is -2.40. The van der Waals surface area contributed by atoms with Gasteiger partial charge in [0.05, 0.1) is 24.0 Å². The minimum absolute atomic E-state index is 0.150. The maximum Gasteiger partial charge on any atom is 0.177 e. The van der Waals surface area contributed by atoms with Crippen molar-refractivity contribution in [2.75, 3.05) is 4.90 Å². The van der Waals surface area contributed by atoms with Gasteiger partial charge in [-0.05, 0) is 19.3 Å². The Morgan fingerprint density at radius 2 is 1.94 bits per heavy atom. The van der Waals surface area contributed by atoms with Gasteiger partial charge in [-0.15, -0.1) is 10.2 Å². The average molecular weight is 413 g/mol. The van der Waals surface area contributed by atoms with Crippen LogP contribution < -0.4 is 4.90 Å². The second kappa shape index (κ2) is 7.30. The Balaban J connectivity index is 1.51. The molecule has 1 aliphatic carbocycles. The van der Waals surface area contributed by atoms with Crippen molar-refractivity contribution in [2.24, 2.45) is 0 Å². The molecule has 1 aliphatic heterocycles. The van der Waals surface area contributed by atoms with Gasteiger partial charge >= 0.3 is 0 Å². The zero-order valence-corrected chi connectivity index (χ0v) is 17.3. The molecule has 1 aromatic carbocycles. The Hall–Kier alpha value is -3.55. The third-order valence-corrected chi connectivity index (χ3v) is 6.41. The summed E-state index contributed by atoms with van der Waals surface area (Å²) in [5, 5.41) is 12.7. The first-order valence-electron chi connectivity index (χ1n) is 10.9. The molecule has 0 N–H and O–H groups in total. The number of rotatable bonds is 4. The van der Waals surface area contributed by atoms with E-state index in [4.69, 9.17) is 14.5 Å². The molecule has 0 bridgehead atoms. The monoisotopic (exact) mass is 413 g/mol. The molecule has 1 unspecified atom stereocenters. The molecule has 8 heteroatoms. The van der Waals surface area contributed by atoms with E-state index in [1.807, 2.05) is 41.1 Å². The molecule has 0 saturated heterocycles. The summed E-state index contributed by atoms with van der Waals surface area (Å²) in [6, 6.07) is 10.6. The first-order valence-corrected chi connectivity index (χ1v) is 10.9. The van der Waals surface area contributed by atoms with Gasteiger partial charge in [0.1, 0.15) is 12.0 Å². The summed E-state index contributed by atoms with van der Waals surface area (Å²) in [5.41, 5.74) is 2.68. The molecule has 2 aliphatic rings. The molecule has 1 atom stereocenters. The quantitative estimate of drug-likeness (QED) is 0.483. The van der Waals surface area contributed by atoms with E-state index in [2.05, 4.69) is 27.2 Å². The molecule has 0 radical (unpaired) electrons. The Morgan fingerprint density at radius 3 is 2.74 bits per heavy atom. The number of aromatic nitrogens is 6. The molecule has 1 saturated carbocycles. The standard InChI is InChI=1S/C23H23N7O/c1-2-18-23-28-25-14-29(23)19-13-24-21(27-22(19)30(18)16-10-6-7-11-16)17-12-26-31-20(17)15-8-4-3-5-9-15/h3-5,8-9,12-14,16,18H,2,6-7,10-11H2,1H3. The second-order valence-electron chi connectivity index (χ2n) is 8.17.